The van der Waals surface area contributed by atoms with Crippen molar-refractivity contribution in [2.24, 2.45) is 0 Å². The molecule has 0 aliphatic heterocycles. The number of halogens is 2. The molecule has 0 aromatic heterocycles. The summed E-state index contributed by atoms with van der Waals surface area (Å²) in [6.07, 6.45) is 0.647. The smallest absolute Gasteiger partial charge is 0.162 e. The van der Waals surface area contributed by atoms with Crippen molar-refractivity contribution in [2.75, 3.05) is 0 Å². The summed E-state index contributed by atoms with van der Waals surface area (Å²) < 4.78 is 26.6. The highest BCUT2D eigenvalue weighted by atomic mass is 19.2. The zero-order chi connectivity index (χ0) is 13.4. The van der Waals surface area contributed by atoms with Gasteiger partial charge in [-0.25, -0.2) is 8.78 Å². The van der Waals surface area contributed by atoms with Crippen LogP contribution in [0.4, 0.5) is 8.78 Å². The molecule has 0 fully saturated rings. The molecule has 2 aromatic rings. The first kappa shape index (κ1) is 12.0. The van der Waals surface area contributed by atoms with Gasteiger partial charge < -0.3 is 0 Å². The summed E-state index contributed by atoms with van der Waals surface area (Å²) in [4.78, 5) is 12.1. The third kappa shape index (κ3) is 2.05. The molecule has 3 rings (SSSR count). The predicted octanol–water partition coefficient (Wildman–Crippen LogP) is 3.42. The van der Waals surface area contributed by atoms with E-state index in [0.717, 1.165) is 11.6 Å². The van der Waals surface area contributed by atoms with Gasteiger partial charge >= 0.3 is 0 Å². The van der Waals surface area contributed by atoms with E-state index >= 15 is 0 Å². The van der Waals surface area contributed by atoms with E-state index in [1.54, 1.807) is 0 Å². The lowest BCUT2D eigenvalue weighted by Crippen LogP contribution is -2.26. The quantitative estimate of drug-likeness (QED) is 0.824. The molecular weight excluding hydrogens is 246 g/mol. The van der Waals surface area contributed by atoms with Crippen LogP contribution in [-0.4, -0.2) is 5.78 Å². The molecule has 0 amide bonds. The fourth-order valence-corrected chi connectivity index (χ4v) is 2.54. The van der Waals surface area contributed by atoms with Gasteiger partial charge in [0.05, 0.1) is 0 Å². The van der Waals surface area contributed by atoms with Crippen LogP contribution in [0.3, 0.4) is 0 Å². The minimum Gasteiger partial charge on any atom is -0.299 e. The minimum absolute atomic E-state index is 0.0526. The van der Waals surface area contributed by atoms with Crippen molar-refractivity contribution < 1.29 is 13.6 Å². The minimum atomic E-state index is -0.913. The maximum atomic E-state index is 13.5. The van der Waals surface area contributed by atoms with Gasteiger partial charge in [0.1, 0.15) is 5.78 Å². The molecule has 1 nitrogen and oxygen atoms in total. The van der Waals surface area contributed by atoms with Crippen molar-refractivity contribution in [2.45, 2.75) is 18.8 Å². The summed E-state index contributed by atoms with van der Waals surface area (Å²) in [5, 5.41) is 0. The molecule has 1 unspecified atom stereocenters. The molecule has 0 radical (unpaired) electrons. The molecule has 3 heteroatoms. The van der Waals surface area contributed by atoms with Crippen LogP contribution in [0.1, 0.15) is 22.6 Å². The van der Waals surface area contributed by atoms with Gasteiger partial charge in [-0.15, -0.1) is 0 Å². The summed E-state index contributed by atoms with van der Waals surface area (Å²) in [6.45, 7) is 0. The zero-order valence-electron chi connectivity index (χ0n) is 10.2. The van der Waals surface area contributed by atoms with Crippen LogP contribution in [0.5, 0.6) is 0 Å². The standard InChI is InChI=1S/C16H12F2O/c17-14-7-3-5-11(16(14)18)9-15(19)13-8-10-4-1-2-6-12(10)13/h1-7,13H,8-9H2. The van der Waals surface area contributed by atoms with E-state index in [1.807, 2.05) is 24.3 Å². The lowest BCUT2D eigenvalue weighted by molar-refractivity contribution is -0.120. The van der Waals surface area contributed by atoms with Gasteiger partial charge in [-0.05, 0) is 29.2 Å². The third-order valence-corrected chi connectivity index (χ3v) is 3.64. The molecule has 1 aliphatic carbocycles. The number of fused-ring (bicyclic) bond motifs is 1. The topological polar surface area (TPSA) is 17.1 Å². The highest BCUT2D eigenvalue weighted by molar-refractivity contribution is 5.90. The Bertz CT molecular complexity index is 649. The van der Waals surface area contributed by atoms with E-state index in [2.05, 4.69) is 0 Å². The van der Waals surface area contributed by atoms with Crippen molar-refractivity contribution in [3.8, 4) is 0 Å². The maximum absolute atomic E-state index is 13.5. The number of Topliss-reactive ketones (excluding diaryl/α,β-unsaturated/α-hetero) is 1. The fourth-order valence-electron chi connectivity index (χ4n) is 2.54. The SMILES string of the molecule is O=C(Cc1cccc(F)c1F)C1Cc2ccccc21. The van der Waals surface area contributed by atoms with Gasteiger partial charge in [0.25, 0.3) is 0 Å². The molecule has 0 spiro atoms. The second kappa shape index (κ2) is 4.57. The Morgan fingerprint density at radius 3 is 2.68 bits per heavy atom. The van der Waals surface area contributed by atoms with Gasteiger partial charge in [-0.3, -0.25) is 4.79 Å². The predicted molar refractivity (Wildman–Crippen MR) is 68.0 cm³/mol. The van der Waals surface area contributed by atoms with E-state index in [1.165, 1.54) is 17.7 Å². The molecule has 1 aliphatic rings. The molecule has 0 N–H and O–H groups in total. The second-order valence-electron chi connectivity index (χ2n) is 4.81. The molecule has 2 aromatic carbocycles. The Kier molecular flexibility index (Phi) is 2.90. The second-order valence-corrected chi connectivity index (χ2v) is 4.81. The Balaban J connectivity index is 1.79. The summed E-state index contributed by atoms with van der Waals surface area (Å²) >= 11 is 0. The summed E-state index contributed by atoms with van der Waals surface area (Å²) in [5.41, 5.74) is 2.32. The van der Waals surface area contributed by atoms with E-state index in [4.69, 9.17) is 0 Å². The monoisotopic (exact) mass is 258 g/mol. The van der Waals surface area contributed by atoms with E-state index in [-0.39, 0.29) is 23.7 Å². The molecule has 0 saturated carbocycles. The summed E-state index contributed by atoms with van der Waals surface area (Å²) in [5.74, 6) is -2.04. The molecule has 1 atom stereocenters. The first-order valence-electron chi connectivity index (χ1n) is 6.20. The van der Waals surface area contributed by atoms with Gasteiger partial charge in [0.15, 0.2) is 11.6 Å². The molecule has 19 heavy (non-hydrogen) atoms. The van der Waals surface area contributed by atoms with Crippen LogP contribution in [-0.2, 0) is 17.6 Å². The molecule has 0 heterocycles. The van der Waals surface area contributed by atoms with Gasteiger partial charge in [0.2, 0.25) is 0 Å². The summed E-state index contributed by atoms with van der Waals surface area (Å²) in [7, 11) is 0. The van der Waals surface area contributed by atoms with Crippen LogP contribution in [0.15, 0.2) is 42.5 Å². The molecule has 96 valence electrons. The number of rotatable bonds is 3. The lowest BCUT2D eigenvalue weighted by Gasteiger charge is -2.28. The number of carbonyl (C=O) groups excluding carboxylic acids is 1. The zero-order valence-corrected chi connectivity index (χ0v) is 10.2. The molecular formula is C16H12F2O. The number of hydrogen-bond donors (Lipinski definition) is 0. The highest BCUT2D eigenvalue weighted by Crippen LogP contribution is 2.36. The first-order chi connectivity index (χ1) is 9.16. The Morgan fingerprint density at radius 1 is 1.11 bits per heavy atom. The van der Waals surface area contributed by atoms with Crippen LogP contribution in [0, 0.1) is 11.6 Å². The Labute approximate surface area is 109 Å². The molecule has 0 bridgehead atoms. The highest BCUT2D eigenvalue weighted by Gasteiger charge is 2.31. The normalized spacial score (nSPS) is 16.6. The van der Waals surface area contributed by atoms with Crippen LogP contribution in [0.2, 0.25) is 0 Å². The van der Waals surface area contributed by atoms with Crippen molar-refractivity contribution >= 4 is 5.78 Å². The van der Waals surface area contributed by atoms with E-state index in [0.29, 0.717) is 6.42 Å². The maximum Gasteiger partial charge on any atom is 0.162 e. The number of ketones is 1. The molecule has 0 saturated heterocycles. The fraction of sp³-hybridized carbons (Fsp3) is 0.188. The van der Waals surface area contributed by atoms with Gasteiger partial charge in [-0.2, -0.15) is 0 Å². The van der Waals surface area contributed by atoms with Crippen LogP contribution < -0.4 is 0 Å². The third-order valence-electron chi connectivity index (χ3n) is 3.64. The van der Waals surface area contributed by atoms with Crippen molar-refractivity contribution in [1.82, 2.24) is 0 Å². The summed E-state index contributed by atoms with van der Waals surface area (Å²) in [6, 6.07) is 11.7. The van der Waals surface area contributed by atoms with Crippen LogP contribution in [0.25, 0.3) is 0 Å². The number of carbonyl (C=O) groups is 1. The average molecular weight is 258 g/mol. The van der Waals surface area contributed by atoms with E-state index in [9.17, 15) is 13.6 Å². The van der Waals surface area contributed by atoms with Crippen molar-refractivity contribution in [3.63, 3.8) is 0 Å². The van der Waals surface area contributed by atoms with E-state index < -0.39 is 11.6 Å². The van der Waals surface area contributed by atoms with Crippen molar-refractivity contribution in [1.29, 1.82) is 0 Å². The largest absolute Gasteiger partial charge is 0.299 e. The number of benzene rings is 2. The Morgan fingerprint density at radius 2 is 1.89 bits per heavy atom. The van der Waals surface area contributed by atoms with Crippen LogP contribution >= 0.6 is 0 Å². The Hall–Kier alpha value is -2.03. The van der Waals surface area contributed by atoms with Crippen molar-refractivity contribution in [3.05, 3.63) is 70.8 Å². The number of hydrogen-bond acceptors (Lipinski definition) is 1. The van der Waals surface area contributed by atoms with Gasteiger partial charge in [-0.1, -0.05) is 36.4 Å². The average Bonchev–Trinajstić information content (AvgIpc) is 2.36. The lowest BCUT2D eigenvalue weighted by atomic mass is 9.74. The first-order valence-corrected chi connectivity index (χ1v) is 6.20. The van der Waals surface area contributed by atoms with Gasteiger partial charge in [0, 0.05) is 12.3 Å².